The minimum absolute atomic E-state index is 0.152. The fourth-order valence-electron chi connectivity index (χ4n) is 1.84. The van der Waals surface area contributed by atoms with Gasteiger partial charge in [0.15, 0.2) is 0 Å². The zero-order valence-electron chi connectivity index (χ0n) is 14.7. The summed E-state index contributed by atoms with van der Waals surface area (Å²) in [7, 11) is 0. The van der Waals surface area contributed by atoms with Crippen LogP contribution in [0.5, 0.6) is 6.01 Å². The molecule has 1 heterocycles. The molecule has 8 heteroatoms. The molecule has 6 nitrogen and oxygen atoms in total. The van der Waals surface area contributed by atoms with Crippen molar-refractivity contribution in [3.63, 3.8) is 0 Å². The zero-order valence-corrected chi connectivity index (χ0v) is 16.4. The maximum Gasteiger partial charge on any atom is 0.382 e. The number of nitrogens with zero attached hydrogens (tertiary/aromatic N) is 3. The number of para-hydroxylation sites is 1. The van der Waals surface area contributed by atoms with E-state index in [2.05, 4.69) is 16.1 Å². The number of benzene rings is 2. The number of hydrogen-bond acceptors (Lipinski definition) is 6. The Morgan fingerprint density at radius 2 is 1.62 bits per heavy atom. The minimum atomic E-state index is -2.82. The van der Waals surface area contributed by atoms with Crippen molar-refractivity contribution >= 4 is 18.5 Å². The van der Waals surface area contributed by atoms with E-state index in [9.17, 15) is 0 Å². The summed E-state index contributed by atoms with van der Waals surface area (Å²) in [5.41, 5.74) is 0.885. The van der Waals surface area contributed by atoms with Crippen LogP contribution in [0.3, 0.4) is 0 Å². The van der Waals surface area contributed by atoms with Crippen molar-refractivity contribution < 1.29 is 13.6 Å². The summed E-state index contributed by atoms with van der Waals surface area (Å²) >= 11 is 5.26. The molecule has 0 N–H and O–H groups in total. The molecule has 0 saturated carbocycles. The molecular weight excluding hydrogens is 369 g/mol. The second kappa shape index (κ2) is 10.8. The van der Waals surface area contributed by atoms with Crippen LogP contribution >= 0.6 is 6.72 Å². The molecule has 0 aliphatic carbocycles. The molecule has 1 aromatic heterocycles. The Morgan fingerprint density at radius 3 is 2.12 bits per heavy atom. The summed E-state index contributed by atoms with van der Waals surface area (Å²) in [6.07, 6.45) is 1.56. The van der Waals surface area contributed by atoms with Crippen LogP contribution in [0.2, 0.25) is 0 Å². The van der Waals surface area contributed by atoms with Crippen molar-refractivity contribution in [1.82, 2.24) is 14.8 Å². The van der Waals surface area contributed by atoms with E-state index in [0.717, 1.165) is 5.69 Å². The van der Waals surface area contributed by atoms with Crippen molar-refractivity contribution in [2.24, 2.45) is 0 Å². The van der Waals surface area contributed by atoms with Gasteiger partial charge in [0.05, 0.1) is 18.9 Å². The number of hydrogen-bond donors (Lipinski definition) is 0. The summed E-state index contributed by atoms with van der Waals surface area (Å²) in [4.78, 5) is 4.07. The SMILES string of the molecule is CCOP(=S)(OCC)Oc1ncn(-c2ccccc2)n1.[c]1ccccc1. The van der Waals surface area contributed by atoms with Crippen molar-refractivity contribution in [2.75, 3.05) is 13.2 Å². The van der Waals surface area contributed by atoms with Crippen LogP contribution in [0.15, 0.2) is 67.0 Å². The van der Waals surface area contributed by atoms with E-state index in [1.165, 1.54) is 0 Å². The summed E-state index contributed by atoms with van der Waals surface area (Å²) in [5.74, 6) is 0. The summed E-state index contributed by atoms with van der Waals surface area (Å²) in [6, 6.07) is 22.3. The molecule has 0 bridgehead atoms. The van der Waals surface area contributed by atoms with Gasteiger partial charge in [0.2, 0.25) is 0 Å². The molecule has 0 saturated heterocycles. The molecule has 0 atom stereocenters. The van der Waals surface area contributed by atoms with Gasteiger partial charge in [-0.3, -0.25) is 9.05 Å². The van der Waals surface area contributed by atoms with Crippen molar-refractivity contribution in [2.45, 2.75) is 13.8 Å². The highest BCUT2D eigenvalue weighted by Gasteiger charge is 2.23. The average Bonchev–Trinajstić information content (AvgIpc) is 3.13. The van der Waals surface area contributed by atoms with Crippen molar-refractivity contribution in [3.8, 4) is 11.7 Å². The highest BCUT2D eigenvalue weighted by atomic mass is 32.5. The molecule has 26 heavy (non-hydrogen) atoms. The van der Waals surface area contributed by atoms with Gasteiger partial charge in [0.25, 0.3) is 0 Å². The molecule has 0 unspecified atom stereocenters. The Hall–Kier alpha value is -2.05. The van der Waals surface area contributed by atoms with Crippen LogP contribution in [0.1, 0.15) is 13.8 Å². The second-order valence-corrected chi connectivity index (χ2v) is 7.69. The first-order valence-corrected chi connectivity index (χ1v) is 10.7. The molecule has 0 spiro atoms. The third kappa shape index (κ3) is 6.69. The van der Waals surface area contributed by atoms with Crippen LogP contribution in [0.4, 0.5) is 0 Å². The molecule has 0 aliphatic heterocycles. The van der Waals surface area contributed by atoms with Crippen molar-refractivity contribution in [3.05, 3.63) is 73.1 Å². The monoisotopic (exact) mass is 390 g/mol. The number of rotatable bonds is 7. The van der Waals surface area contributed by atoms with Crippen LogP contribution in [-0.4, -0.2) is 28.0 Å². The largest absolute Gasteiger partial charge is 0.388 e. The smallest absolute Gasteiger partial charge is 0.382 e. The predicted molar refractivity (Wildman–Crippen MR) is 105 cm³/mol. The topological polar surface area (TPSA) is 58.4 Å². The van der Waals surface area contributed by atoms with Gasteiger partial charge in [-0.2, -0.15) is 4.98 Å². The van der Waals surface area contributed by atoms with Gasteiger partial charge >= 0.3 is 12.7 Å². The maximum absolute atomic E-state index is 5.52. The standard InChI is InChI=1S/C12H16N3O3PS.C6H5/c1-3-16-19(20,17-4-2)18-12-13-10-15(14-12)11-8-6-5-7-9-11;1-2-4-6-5-3-1/h5-10H,3-4H2,1-2H3;1-5H. The predicted octanol–water partition coefficient (Wildman–Crippen LogP) is 4.43. The van der Waals surface area contributed by atoms with Crippen LogP contribution in [0.25, 0.3) is 5.69 Å². The van der Waals surface area contributed by atoms with Crippen LogP contribution < -0.4 is 4.52 Å². The maximum atomic E-state index is 5.52. The lowest BCUT2D eigenvalue weighted by Crippen LogP contribution is -2.03. The summed E-state index contributed by atoms with van der Waals surface area (Å²) in [6.45, 7) is 1.67. The van der Waals surface area contributed by atoms with E-state index >= 15 is 0 Å². The van der Waals surface area contributed by atoms with E-state index in [-0.39, 0.29) is 6.01 Å². The minimum Gasteiger partial charge on any atom is -0.388 e. The summed E-state index contributed by atoms with van der Waals surface area (Å²) in [5, 5.41) is 4.21. The lowest BCUT2D eigenvalue weighted by molar-refractivity contribution is 0.214. The van der Waals surface area contributed by atoms with Crippen LogP contribution in [0, 0.1) is 6.07 Å². The third-order valence-corrected chi connectivity index (χ3v) is 5.26. The Labute approximate surface area is 159 Å². The van der Waals surface area contributed by atoms with Gasteiger partial charge in [0, 0.05) is 11.8 Å². The molecule has 0 aliphatic rings. The average molecular weight is 390 g/mol. The van der Waals surface area contributed by atoms with Gasteiger partial charge in [-0.25, -0.2) is 4.68 Å². The van der Waals surface area contributed by atoms with Gasteiger partial charge in [-0.15, -0.1) is 5.10 Å². The van der Waals surface area contributed by atoms with Crippen LogP contribution in [-0.2, 0) is 20.9 Å². The normalized spacial score (nSPS) is 10.7. The molecule has 137 valence electrons. The Balaban J connectivity index is 0.000000342. The number of aromatic nitrogens is 3. The van der Waals surface area contributed by atoms with E-state index in [1.807, 2.05) is 74.5 Å². The fourth-order valence-corrected chi connectivity index (χ4v) is 3.77. The highest BCUT2D eigenvalue weighted by Crippen LogP contribution is 2.48. The van der Waals surface area contributed by atoms with Gasteiger partial charge in [-0.05, 0) is 32.0 Å². The molecule has 0 fully saturated rings. The Morgan fingerprint density at radius 1 is 1.00 bits per heavy atom. The highest BCUT2D eigenvalue weighted by molar-refractivity contribution is 8.07. The first-order valence-electron chi connectivity index (χ1n) is 8.13. The first-order chi connectivity index (χ1) is 12.7. The molecule has 3 aromatic rings. The van der Waals surface area contributed by atoms with Crippen molar-refractivity contribution in [1.29, 1.82) is 0 Å². The van der Waals surface area contributed by atoms with E-state index < -0.39 is 6.72 Å². The van der Waals surface area contributed by atoms with Gasteiger partial charge in [-0.1, -0.05) is 48.5 Å². The third-order valence-electron chi connectivity index (χ3n) is 2.87. The Kier molecular flexibility index (Phi) is 8.44. The molecule has 3 rings (SSSR count). The lowest BCUT2D eigenvalue weighted by atomic mass is 10.3. The van der Waals surface area contributed by atoms with E-state index in [4.69, 9.17) is 25.4 Å². The quantitative estimate of drug-likeness (QED) is 0.556. The Bertz CT molecular complexity index is 763. The van der Waals surface area contributed by atoms with E-state index in [0.29, 0.717) is 13.2 Å². The molecule has 1 radical (unpaired) electrons. The second-order valence-electron chi connectivity index (χ2n) is 4.76. The molecule has 2 aromatic carbocycles. The first kappa shape index (κ1) is 20.3. The zero-order chi connectivity index (χ0) is 18.7. The molecule has 0 amide bonds. The lowest BCUT2D eigenvalue weighted by Gasteiger charge is -2.18. The van der Waals surface area contributed by atoms with E-state index in [1.54, 1.807) is 11.0 Å². The fraction of sp³-hybridized carbons (Fsp3) is 0.222. The van der Waals surface area contributed by atoms with Gasteiger partial charge < -0.3 is 4.52 Å². The summed E-state index contributed by atoms with van der Waals surface area (Å²) < 4.78 is 17.9. The molecular formula is C18H21N3O3PS. The van der Waals surface area contributed by atoms with Gasteiger partial charge in [0.1, 0.15) is 6.33 Å².